The predicted octanol–water partition coefficient (Wildman–Crippen LogP) is 18.7. The molecule has 78 heavy (non-hydrogen) atoms. The molecule has 0 radical (unpaired) electrons. The van der Waals surface area contributed by atoms with Crippen LogP contribution in [-0.2, 0) is 16.2 Å². The molecule has 0 atom stereocenters. The summed E-state index contributed by atoms with van der Waals surface area (Å²) in [4.78, 5) is 5.34. The van der Waals surface area contributed by atoms with Crippen molar-refractivity contribution < 1.29 is 4.42 Å². The fourth-order valence-corrected chi connectivity index (χ4v) is 14.5. The molecule has 0 fully saturated rings. The molecule has 0 saturated heterocycles. The van der Waals surface area contributed by atoms with Crippen LogP contribution in [0.1, 0.15) is 76.3 Å². The molecule has 1 aromatic heterocycles. The molecule has 12 aromatic rings. The Labute approximate surface area is 457 Å². The molecule has 0 unspecified atom stereocenters. The second kappa shape index (κ2) is 15.9. The summed E-state index contributed by atoms with van der Waals surface area (Å²) in [7, 11) is 0. The lowest BCUT2D eigenvalue weighted by molar-refractivity contribution is 0.590. The van der Waals surface area contributed by atoms with Crippen LogP contribution in [0.5, 0.6) is 0 Å². The van der Waals surface area contributed by atoms with E-state index in [1.54, 1.807) is 0 Å². The summed E-state index contributed by atoms with van der Waals surface area (Å²) in [6.45, 7) is 16.5. The van der Waals surface area contributed by atoms with Gasteiger partial charge in [0, 0.05) is 49.8 Å². The topological polar surface area (TPSA) is 19.6 Å². The Morgan fingerprint density at radius 2 is 1.06 bits per heavy atom. The molecule has 372 valence electrons. The number of nitrogens with zero attached hydrogens (tertiary/aromatic N) is 2. The lowest BCUT2D eigenvalue weighted by atomic mass is 9.42. The van der Waals surface area contributed by atoms with Gasteiger partial charge in [-0.25, -0.2) is 0 Å². The zero-order valence-corrected chi connectivity index (χ0v) is 45.2. The van der Waals surface area contributed by atoms with Gasteiger partial charge in [0.15, 0.2) is 5.58 Å². The van der Waals surface area contributed by atoms with Crippen molar-refractivity contribution in [1.82, 2.24) is 0 Å². The zero-order valence-electron chi connectivity index (χ0n) is 45.2. The fourth-order valence-electron chi connectivity index (χ4n) is 14.5. The van der Waals surface area contributed by atoms with Crippen LogP contribution in [0.25, 0.3) is 88.3 Å². The Hall–Kier alpha value is -8.86. The second-order valence-corrected chi connectivity index (χ2v) is 24.4. The minimum atomic E-state index is -0.312. The largest absolute Gasteiger partial charge is 0.454 e. The number of anilines is 5. The molecule has 4 aliphatic rings. The standard InChI is InChI=1S/C74H57BN2O/c1-72(2,3)49-32-37-63(54(40-49)46-22-12-9-13-23-46)76-65-42-57-52-27-17-19-29-60(52)74(6,7)68(57)67-58-41-55-51-26-16-18-28-59(51)73(4,5)61(55)43-64(58)77(50-33-30-45(31-34-50)44-20-10-8-11-21-44)75(69(65)67)62-36-35-53-56-38-47-24-14-15-25-48(47)39-66(56)78-71(53)70(62)76/h8-43H,1-7H3. The Bertz CT molecular complexity index is 4540. The van der Waals surface area contributed by atoms with Gasteiger partial charge >= 0.3 is 6.85 Å². The van der Waals surface area contributed by atoms with E-state index in [1.165, 1.54) is 111 Å². The van der Waals surface area contributed by atoms with Crippen LogP contribution in [0.15, 0.2) is 223 Å². The predicted molar refractivity (Wildman–Crippen MR) is 330 cm³/mol. The summed E-state index contributed by atoms with van der Waals surface area (Å²) in [5.74, 6) is 0. The van der Waals surface area contributed by atoms with E-state index in [9.17, 15) is 0 Å². The van der Waals surface area contributed by atoms with Crippen LogP contribution in [0.3, 0.4) is 0 Å². The van der Waals surface area contributed by atoms with E-state index in [2.05, 4.69) is 277 Å². The van der Waals surface area contributed by atoms with Gasteiger partial charge in [0.05, 0.1) is 11.4 Å². The minimum Gasteiger partial charge on any atom is -0.454 e. The molecule has 3 nitrogen and oxygen atoms in total. The molecule has 4 heteroatoms. The summed E-state index contributed by atoms with van der Waals surface area (Å²) >= 11 is 0. The Balaban J connectivity index is 1.09. The molecular weight excluding hydrogens is 944 g/mol. The van der Waals surface area contributed by atoms with Gasteiger partial charge in [0.25, 0.3) is 0 Å². The summed E-state index contributed by atoms with van der Waals surface area (Å²) in [6.07, 6.45) is 0. The van der Waals surface area contributed by atoms with Crippen LogP contribution in [0.4, 0.5) is 28.4 Å². The molecule has 2 aliphatic carbocycles. The van der Waals surface area contributed by atoms with Gasteiger partial charge < -0.3 is 14.1 Å². The number of furan rings is 1. The van der Waals surface area contributed by atoms with Crippen molar-refractivity contribution in [3.05, 3.63) is 246 Å². The Morgan fingerprint density at radius 1 is 0.436 bits per heavy atom. The van der Waals surface area contributed by atoms with E-state index in [1.807, 2.05) is 0 Å². The smallest absolute Gasteiger partial charge is 0.333 e. The number of benzene rings is 11. The average Bonchev–Trinajstić information content (AvgIpc) is 2.04. The highest BCUT2D eigenvalue weighted by atomic mass is 16.3. The lowest BCUT2D eigenvalue weighted by Gasteiger charge is -2.47. The highest BCUT2D eigenvalue weighted by molar-refractivity contribution is 6.94. The van der Waals surface area contributed by atoms with Crippen molar-refractivity contribution in [2.24, 2.45) is 0 Å². The maximum absolute atomic E-state index is 7.51. The number of fused-ring (bicyclic) bond motifs is 16. The van der Waals surface area contributed by atoms with Crippen molar-refractivity contribution >= 4 is 78.9 Å². The van der Waals surface area contributed by atoms with Gasteiger partial charge in [-0.2, -0.15) is 0 Å². The molecule has 2 aliphatic heterocycles. The normalized spacial score (nSPS) is 15.0. The molecule has 3 heterocycles. The highest BCUT2D eigenvalue weighted by Gasteiger charge is 2.52. The molecule has 16 rings (SSSR count). The third kappa shape index (κ3) is 6.17. The van der Waals surface area contributed by atoms with E-state index in [4.69, 9.17) is 4.42 Å². The van der Waals surface area contributed by atoms with Gasteiger partial charge in [-0.05, 0) is 154 Å². The van der Waals surface area contributed by atoms with Crippen molar-refractivity contribution in [3.8, 4) is 55.6 Å². The highest BCUT2D eigenvalue weighted by Crippen LogP contribution is 2.61. The van der Waals surface area contributed by atoms with E-state index < -0.39 is 0 Å². The van der Waals surface area contributed by atoms with Gasteiger partial charge in [0.2, 0.25) is 0 Å². The second-order valence-electron chi connectivity index (χ2n) is 24.4. The molecule has 0 saturated carbocycles. The quantitative estimate of drug-likeness (QED) is 0.164. The fraction of sp³-hybridized carbons (Fsp3) is 0.135. The Kier molecular flexibility index (Phi) is 9.23. The van der Waals surface area contributed by atoms with E-state index in [-0.39, 0.29) is 23.1 Å². The van der Waals surface area contributed by atoms with Crippen LogP contribution in [0.2, 0.25) is 0 Å². The summed E-state index contributed by atoms with van der Waals surface area (Å²) < 4.78 is 7.51. The average molecular weight is 1000 g/mol. The van der Waals surface area contributed by atoms with Gasteiger partial charge in [-0.15, -0.1) is 0 Å². The summed E-state index contributed by atoms with van der Waals surface area (Å²) in [5.41, 5.74) is 28.8. The van der Waals surface area contributed by atoms with Crippen molar-refractivity contribution in [3.63, 3.8) is 0 Å². The van der Waals surface area contributed by atoms with Crippen LogP contribution in [0, 0.1) is 0 Å². The first kappa shape index (κ1) is 45.3. The van der Waals surface area contributed by atoms with Crippen LogP contribution < -0.4 is 20.6 Å². The molecule has 0 N–H and O–H groups in total. The minimum absolute atomic E-state index is 0.0866. The van der Waals surface area contributed by atoms with Crippen molar-refractivity contribution in [2.45, 2.75) is 64.7 Å². The van der Waals surface area contributed by atoms with Gasteiger partial charge in [-0.3, -0.25) is 0 Å². The van der Waals surface area contributed by atoms with Crippen molar-refractivity contribution in [1.29, 1.82) is 0 Å². The molecule has 0 spiro atoms. The number of hydrogen-bond donors (Lipinski definition) is 0. The molecule has 0 bridgehead atoms. The molecule has 0 amide bonds. The van der Waals surface area contributed by atoms with Crippen LogP contribution >= 0.6 is 0 Å². The van der Waals surface area contributed by atoms with E-state index in [0.29, 0.717) is 0 Å². The molecule has 11 aromatic carbocycles. The van der Waals surface area contributed by atoms with Crippen LogP contribution in [-0.4, -0.2) is 6.85 Å². The molecular formula is C74H57BN2O. The maximum Gasteiger partial charge on any atom is 0.333 e. The first-order valence-corrected chi connectivity index (χ1v) is 27.8. The SMILES string of the molecule is CC(C)(C)c1ccc(N2c3cc4c(c5c3B(c3ccc6c(oc7cc8ccccc8cc76)c32)N(c2ccc(-c3ccccc3)cc2)c2cc3c(cc2-5)-c2ccccc2C3(C)C)C(C)(C)c2ccccc2-4)c(-c2ccccc2)c1. The van der Waals surface area contributed by atoms with E-state index in [0.717, 1.165) is 44.4 Å². The monoisotopic (exact) mass is 1000 g/mol. The summed E-state index contributed by atoms with van der Waals surface area (Å²) in [6, 6.07) is 82.6. The van der Waals surface area contributed by atoms with Gasteiger partial charge in [-0.1, -0.05) is 212 Å². The Morgan fingerprint density at radius 3 is 1.78 bits per heavy atom. The maximum atomic E-state index is 7.51. The number of rotatable bonds is 4. The third-order valence-corrected chi connectivity index (χ3v) is 18.3. The third-order valence-electron chi connectivity index (χ3n) is 18.3. The summed E-state index contributed by atoms with van der Waals surface area (Å²) in [5, 5.41) is 4.59. The first-order valence-electron chi connectivity index (χ1n) is 27.8. The van der Waals surface area contributed by atoms with Crippen molar-refractivity contribution in [2.75, 3.05) is 9.71 Å². The van der Waals surface area contributed by atoms with E-state index >= 15 is 0 Å². The van der Waals surface area contributed by atoms with Gasteiger partial charge in [0.1, 0.15) is 5.58 Å². The first-order chi connectivity index (χ1) is 37.8. The zero-order chi connectivity index (χ0) is 52.6. The lowest BCUT2D eigenvalue weighted by Crippen LogP contribution is -2.62. The number of hydrogen-bond acceptors (Lipinski definition) is 3.